The van der Waals surface area contributed by atoms with Crippen molar-refractivity contribution in [2.75, 3.05) is 0 Å². The molecule has 1 aliphatic carbocycles. The number of hydrogen-bond acceptors (Lipinski definition) is 1. The van der Waals surface area contributed by atoms with Crippen LogP contribution in [0.25, 0.3) is 0 Å². The minimum atomic E-state index is 0.174. The van der Waals surface area contributed by atoms with E-state index in [1.54, 1.807) is 6.08 Å². The summed E-state index contributed by atoms with van der Waals surface area (Å²) >= 11 is 0. The van der Waals surface area contributed by atoms with Crippen LogP contribution in [0.5, 0.6) is 0 Å². The molecule has 104 valence electrons. The number of hydrogen-bond donors (Lipinski definition) is 0. The van der Waals surface area contributed by atoms with Crippen LogP contribution < -0.4 is 0 Å². The van der Waals surface area contributed by atoms with Gasteiger partial charge in [-0.15, -0.1) is 0 Å². The molecule has 0 saturated heterocycles. The smallest absolute Gasteiger partial charge is 0.182 e. The van der Waals surface area contributed by atoms with Gasteiger partial charge in [-0.1, -0.05) is 63.1 Å². The van der Waals surface area contributed by atoms with Crippen LogP contribution in [0.1, 0.15) is 52.4 Å². The molecule has 0 radical (unpaired) electrons. The zero-order valence-electron chi connectivity index (χ0n) is 12.3. The van der Waals surface area contributed by atoms with Crippen LogP contribution in [0.2, 0.25) is 0 Å². The molecule has 0 saturated carbocycles. The molecule has 0 bridgehead atoms. The largest absolute Gasteiger partial charge is 0.290 e. The molecule has 0 aromatic heterocycles. The fourth-order valence-electron chi connectivity index (χ4n) is 2.19. The Labute approximate surface area is 117 Å². The van der Waals surface area contributed by atoms with Gasteiger partial charge in [-0.25, -0.2) is 0 Å². The lowest BCUT2D eigenvalue weighted by Gasteiger charge is -2.06. The normalized spacial score (nSPS) is 21.5. The van der Waals surface area contributed by atoms with Gasteiger partial charge in [0.2, 0.25) is 0 Å². The van der Waals surface area contributed by atoms with Crippen molar-refractivity contribution in [1.82, 2.24) is 0 Å². The van der Waals surface area contributed by atoms with E-state index >= 15 is 0 Å². The van der Waals surface area contributed by atoms with Gasteiger partial charge in [-0.05, 0) is 31.8 Å². The second-order valence-electron chi connectivity index (χ2n) is 4.99. The van der Waals surface area contributed by atoms with E-state index in [4.69, 9.17) is 0 Å². The third-order valence-electron chi connectivity index (χ3n) is 3.34. The van der Waals surface area contributed by atoms with Crippen LogP contribution in [-0.4, -0.2) is 5.78 Å². The van der Waals surface area contributed by atoms with E-state index in [9.17, 15) is 4.79 Å². The molecule has 1 rings (SSSR count). The lowest BCUT2D eigenvalue weighted by atomic mass is 9.97. The molecule has 0 aliphatic heterocycles. The summed E-state index contributed by atoms with van der Waals surface area (Å²) in [5, 5.41) is 0. The zero-order valence-corrected chi connectivity index (χ0v) is 12.3. The summed E-state index contributed by atoms with van der Waals surface area (Å²) in [7, 11) is 0. The molecule has 0 N–H and O–H groups in total. The lowest BCUT2D eigenvalue weighted by Crippen LogP contribution is -2.01. The first-order valence-corrected chi connectivity index (χ1v) is 7.53. The van der Waals surface area contributed by atoms with E-state index in [-0.39, 0.29) is 11.7 Å². The first-order chi connectivity index (χ1) is 9.29. The van der Waals surface area contributed by atoms with Crippen molar-refractivity contribution in [3.05, 3.63) is 48.1 Å². The van der Waals surface area contributed by atoms with Gasteiger partial charge in [0.15, 0.2) is 5.78 Å². The van der Waals surface area contributed by atoms with Gasteiger partial charge < -0.3 is 0 Å². The first kappa shape index (κ1) is 15.7. The van der Waals surface area contributed by atoms with Crippen molar-refractivity contribution in [3.63, 3.8) is 0 Å². The summed E-state index contributed by atoms with van der Waals surface area (Å²) in [6, 6.07) is 0. The molecule has 0 fully saturated rings. The number of unbranched alkanes of at least 4 members (excludes halogenated alkanes) is 3. The molecule has 0 heterocycles. The minimum absolute atomic E-state index is 0.174. The Morgan fingerprint density at radius 3 is 2.74 bits per heavy atom. The van der Waals surface area contributed by atoms with Gasteiger partial charge in [-0.2, -0.15) is 0 Å². The fourth-order valence-corrected chi connectivity index (χ4v) is 2.19. The number of allylic oxidation sites excluding steroid dienone is 8. The molecule has 0 aromatic carbocycles. The van der Waals surface area contributed by atoms with Crippen LogP contribution >= 0.6 is 0 Å². The Morgan fingerprint density at radius 2 is 2.00 bits per heavy atom. The molecular weight excluding hydrogens is 232 g/mol. The molecule has 1 aliphatic rings. The van der Waals surface area contributed by atoms with Gasteiger partial charge >= 0.3 is 0 Å². The summed E-state index contributed by atoms with van der Waals surface area (Å²) in [6.07, 6.45) is 21.2. The molecule has 0 amide bonds. The second kappa shape index (κ2) is 9.55. The van der Waals surface area contributed by atoms with Crippen LogP contribution in [-0.2, 0) is 4.79 Å². The third kappa shape index (κ3) is 5.87. The molecule has 0 spiro atoms. The van der Waals surface area contributed by atoms with E-state index in [1.165, 1.54) is 19.3 Å². The molecule has 19 heavy (non-hydrogen) atoms. The monoisotopic (exact) mass is 258 g/mol. The van der Waals surface area contributed by atoms with E-state index in [2.05, 4.69) is 32.1 Å². The standard InChI is InChI=1S/C18H26O/c1-3-5-7-8-9-11-13-17-16(12-10-6-4-2)14-15-18(17)19/h6,9-11,13-16H,3-5,7-8,12H2,1-2H3/b10-6-,11-9+,17-13+/t16-/m0/s1. The Balaban J connectivity index is 2.48. The molecule has 0 unspecified atom stereocenters. The summed E-state index contributed by atoms with van der Waals surface area (Å²) < 4.78 is 0. The molecular formula is C18H26O. The van der Waals surface area contributed by atoms with Gasteiger partial charge in [0.05, 0.1) is 0 Å². The van der Waals surface area contributed by atoms with Crippen LogP contribution in [0.3, 0.4) is 0 Å². The maximum Gasteiger partial charge on any atom is 0.182 e. The quantitative estimate of drug-likeness (QED) is 0.334. The Bertz CT molecular complexity index is 382. The van der Waals surface area contributed by atoms with Crippen molar-refractivity contribution >= 4 is 5.78 Å². The first-order valence-electron chi connectivity index (χ1n) is 7.53. The van der Waals surface area contributed by atoms with Crippen molar-refractivity contribution in [3.8, 4) is 0 Å². The van der Waals surface area contributed by atoms with E-state index in [0.717, 1.165) is 24.8 Å². The number of carbonyl (C=O) groups is 1. The lowest BCUT2D eigenvalue weighted by molar-refractivity contribution is -0.111. The number of carbonyl (C=O) groups excluding carboxylic acids is 1. The highest BCUT2D eigenvalue weighted by Crippen LogP contribution is 2.25. The number of rotatable bonds is 8. The summed E-state index contributed by atoms with van der Waals surface area (Å²) in [5.41, 5.74) is 0.937. The van der Waals surface area contributed by atoms with Gasteiger partial charge in [-0.3, -0.25) is 4.79 Å². The Kier molecular flexibility index (Phi) is 7.88. The average molecular weight is 258 g/mol. The third-order valence-corrected chi connectivity index (χ3v) is 3.34. The van der Waals surface area contributed by atoms with Gasteiger partial charge in [0.1, 0.15) is 0 Å². The Hall–Kier alpha value is -1.37. The van der Waals surface area contributed by atoms with E-state index < -0.39 is 0 Å². The average Bonchev–Trinajstić information content (AvgIpc) is 2.75. The molecule has 1 atom stereocenters. The fraction of sp³-hybridized carbons (Fsp3) is 0.500. The van der Waals surface area contributed by atoms with Crippen molar-refractivity contribution in [2.24, 2.45) is 5.92 Å². The SMILES string of the molecule is CC/C=C\C[C@H]1C=CC(=O)/C1=C/C=C/CCCCC. The molecule has 0 aromatic rings. The second-order valence-corrected chi connectivity index (χ2v) is 4.99. The minimum Gasteiger partial charge on any atom is -0.290 e. The summed E-state index contributed by atoms with van der Waals surface area (Å²) in [5.74, 6) is 0.448. The molecule has 1 heteroatoms. The van der Waals surface area contributed by atoms with Crippen molar-refractivity contribution in [2.45, 2.75) is 52.4 Å². The summed E-state index contributed by atoms with van der Waals surface area (Å²) in [4.78, 5) is 11.8. The van der Waals surface area contributed by atoms with Crippen LogP contribution in [0.4, 0.5) is 0 Å². The van der Waals surface area contributed by atoms with E-state index in [0.29, 0.717) is 0 Å². The summed E-state index contributed by atoms with van der Waals surface area (Å²) in [6.45, 7) is 4.34. The highest BCUT2D eigenvalue weighted by molar-refractivity contribution is 6.07. The number of ketones is 1. The van der Waals surface area contributed by atoms with Gasteiger partial charge in [0.25, 0.3) is 0 Å². The topological polar surface area (TPSA) is 17.1 Å². The van der Waals surface area contributed by atoms with Crippen LogP contribution in [0, 0.1) is 5.92 Å². The van der Waals surface area contributed by atoms with E-state index in [1.807, 2.05) is 18.2 Å². The Morgan fingerprint density at radius 1 is 1.16 bits per heavy atom. The maximum absolute atomic E-state index is 11.8. The van der Waals surface area contributed by atoms with Crippen molar-refractivity contribution in [1.29, 1.82) is 0 Å². The highest BCUT2D eigenvalue weighted by Gasteiger charge is 2.20. The van der Waals surface area contributed by atoms with Crippen molar-refractivity contribution < 1.29 is 4.79 Å². The highest BCUT2D eigenvalue weighted by atomic mass is 16.1. The predicted octanol–water partition coefficient (Wildman–Crippen LogP) is 5.16. The van der Waals surface area contributed by atoms with Gasteiger partial charge in [0, 0.05) is 11.5 Å². The predicted molar refractivity (Wildman–Crippen MR) is 83.1 cm³/mol. The van der Waals surface area contributed by atoms with Crippen LogP contribution in [0.15, 0.2) is 48.1 Å². The zero-order chi connectivity index (χ0) is 13.9. The molecule has 1 nitrogen and oxygen atoms in total. The maximum atomic E-state index is 11.8.